The lowest BCUT2D eigenvalue weighted by Crippen LogP contribution is -2.48. The largest absolute Gasteiger partial charge is 0.394 e. The second-order valence-corrected chi connectivity index (χ2v) is 8.42. The van der Waals surface area contributed by atoms with Gasteiger partial charge in [0.25, 0.3) is 0 Å². The second kappa shape index (κ2) is 6.08. The minimum Gasteiger partial charge on any atom is -0.394 e. The average molecular weight is 290 g/mol. The van der Waals surface area contributed by atoms with Crippen molar-refractivity contribution in [3.05, 3.63) is 0 Å². The first kappa shape index (κ1) is 15.2. The number of nitrogens with zero attached hydrogens (tertiary/aromatic N) is 1. The van der Waals surface area contributed by atoms with Gasteiger partial charge < -0.3 is 15.7 Å². The zero-order chi connectivity index (χ0) is 13.9. The van der Waals surface area contributed by atoms with Gasteiger partial charge in [0.1, 0.15) is 0 Å². The molecule has 1 aliphatic heterocycles. The van der Waals surface area contributed by atoms with Crippen LogP contribution in [-0.2, 0) is 9.84 Å². The third-order valence-corrected chi connectivity index (χ3v) is 6.46. The van der Waals surface area contributed by atoms with E-state index in [1.54, 1.807) is 0 Å². The van der Waals surface area contributed by atoms with E-state index in [0.717, 1.165) is 45.2 Å². The van der Waals surface area contributed by atoms with E-state index in [9.17, 15) is 13.5 Å². The number of rotatable bonds is 4. The van der Waals surface area contributed by atoms with Gasteiger partial charge in [0.15, 0.2) is 9.84 Å². The molecule has 2 atom stereocenters. The van der Waals surface area contributed by atoms with E-state index in [1.807, 2.05) is 0 Å². The van der Waals surface area contributed by atoms with Crippen molar-refractivity contribution in [3.8, 4) is 0 Å². The Kier molecular flexibility index (Phi) is 4.87. The molecule has 1 aliphatic carbocycles. The van der Waals surface area contributed by atoms with Gasteiger partial charge in [-0.15, -0.1) is 0 Å². The Morgan fingerprint density at radius 2 is 2.05 bits per heavy atom. The van der Waals surface area contributed by atoms with E-state index in [1.165, 1.54) is 0 Å². The Hall–Kier alpha value is -0.170. The molecule has 1 saturated carbocycles. The fourth-order valence-corrected chi connectivity index (χ4v) is 4.67. The van der Waals surface area contributed by atoms with Crippen LogP contribution in [0.15, 0.2) is 0 Å². The summed E-state index contributed by atoms with van der Waals surface area (Å²) in [5, 5.41) is 9.43. The van der Waals surface area contributed by atoms with E-state index in [2.05, 4.69) is 4.90 Å². The van der Waals surface area contributed by atoms with Crippen LogP contribution in [-0.4, -0.2) is 61.7 Å². The summed E-state index contributed by atoms with van der Waals surface area (Å²) < 4.78 is 23.1. The lowest BCUT2D eigenvalue weighted by atomic mass is 9.86. The van der Waals surface area contributed by atoms with Crippen LogP contribution >= 0.6 is 0 Å². The zero-order valence-corrected chi connectivity index (χ0v) is 12.4. The highest BCUT2D eigenvalue weighted by Gasteiger charge is 2.38. The van der Waals surface area contributed by atoms with Crippen molar-refractivity contribution in [2.24, 2.45) is 11.7 Å². The molecular formula is C13H26N2O3S. The maximum Gasteiger partial charge on any atom is 0.151 e. The molecule has 0 spiro atoms. The monoisotopic (exact) mass is 290 g/mol. The summed E-state index contributed by atoms with van der Waals surface area (Å²) >= 11 is 0. The van der Waals surface area contributed by atoms with Crippen LogP contribution in [0.5, 0.6) is 0 Å². The van der Waals surface area contributed by atoms with Crippen molar-refractivity contribution in [1.29, 1.82) is 0 Å². The normalized spacial score (nSPS) is 36.2. The van der Waals surface area contributed by atoms with Gasteiger partial charge in [0, 0.05) is 12.1 Å². The second-order valence-electron chi connectivity index (χ2n) is 6.12. The van der Waals surface area contributed by atoms with Crippen molar-refractivity contribution >= 4 is 9.84 Å². The van der Waals surface area contributed by atoms with Gasteiger partial charge in [-0.25, -0.2) is 8.42 Å². The molecule has 0 aromatic carbocycles. The lowest BCUT2D eigenvalue weighted by molar-refractivity contribution is 0.145. The molecular weight excluding hydrogens is 264 g/mol. The summed E-state index contributed by atoms with van der Waals surface area (Å²) in [4.78, 5) is 2.24. The minimum absolute atomic E-state index is 0.0616. The van der Waals surface area contributed by atoms with E-state index in [0.29, 0.717) is 18.2 Å². The third-order valence-electron chi connectivity index (χ3n) is 4.74. The summed E-state index contributed by atoms with van der Waals surface area (Å²) in [7, 11) is -2.82. The van der Waals surface area contributed by atoms with E-state index in [4.69, 9.17) is 5.73 Å². The highest BCUT2D eigenvalue weighted by Crippen LogP contribution is 2.35. The van der Waals surface area contributed by atoms with Gasteiger partial charge in [-0.05, 0) is 44.7 Å². The maximum absolute atomic E-state index is 11.5. The predicted molar refractivity (Wildman–Crippen MR) is 75.7 cm³/mol. The molecule has 2 fully saturated rings. The number of sulfone groups is 1. The lowest BCUT2D eigenvalue weighted by Gasteiger charge is -2.31. The quantitative estimate of drug-likeness (QED) is 0.760. The van der Waals surface area contributed by atoms with Crippen molar-refractivity contribution in [2.45, 2.75) is 37.6 Å². The number of hydrogen-bond donors (Lipinski definition) is 2. The van der Waals surface area contributed by atoms with Crippen LogP contribution in [0.2, 0.25) is 0 Å². The van der Waals surface area contributed by atoms with Gasteiger partial charge >= 0.3 is 0 Å². The number of nitrogens with two attached hydrogens (primary N) is 1. The van der Waals surface area contributed by atoms with Crippen LogP contribution in [0.3, 0.4) is 0 Å². The standard InChI is InChI=1S/C13H26N2O3S/c14-13(11-16)5-1-3-12(13)4-7-15-6-2-9-19(17,18)10-8-15/h12,16H,1-11,14H2. The van der Waals surface area contributed by atoms with Gasteiger partial charge in [-0.3, -0.25) is 0 Å². The van der Waals surface area contributed by atoms with Crippen LogP contribution in [0.1, 0.15) is 32.1 Å². The average Bonchev–Trinajstić information content (AvgIpc) is 2.64. The molecule has 0 aromatic heterocycles. The van der Waals surface area contributed by atoms with E-state index >= 15 is 0 Å². The number of aliphatic hydroxyl groups is 1. The Labute approximate surface area is 116 Å². The summed E-state index contributed by atoms with van der Waals surface area (Å²) in [6.07, 6.45) is 4.79. The highest BCUT2D eigenvalue weighted by molar-refractivity contribution is 7.91. The van der Waals surface area contributed by atoms with Gasteiger partial charge in [0.05, 0.1) is 18.1 Å². The molecule has 3 N–H and O–H groups in total. The highest BCUT2D eigenvalue weighted by atomic mass is 32.2. The van der Waals surface area contributed by atoms with Crippen molar-refractivity contribution in [1.82, 2.24) is 4.90 Å². The first-order valence-electron chi connectivity index (χ1n) is 7.28. The van der Waals surface area contributed by atoms with Crippen molar-refractivity contribution in [2.75, 3.05) is 37.7 Å². The smallest absolute Gasteiger partial charge is 0.151 e. The summed E-state index contributed by atoms with van der Waals surface area (Å²) in [5.41, 5.74) is 5.82. The Morgan fingerprint density at radius 3 is 2.79 bits per heavy atom. The van der Waals surface area contributed by atoms with Crippen LogP contribution in [0.25, 0.3) is 0 Å². The molecule has 0 aromatic rings. The van der Waals surface area contributed by atoms with Gasteiger partial charge in [0.2, 0.25) is 0 Å². The van der Waals surface area contributed by atoms with Gasteiger partial charge in [-0.1, -0.05) is 6.42 Å². The van der Waals surface area contributed by atoms with Gasteiger partial charge in [-0.2, -0.15) is 0 Å². The number of aliphatic hydroxyl groups excluding tert-OH is 1. The SMILES string of the molecule is NC1(CO)CCCC1CCN1CCCS(=O)(=O)CC1. The Bertz CT molecular complexity index is 399. The Morgan fingerprint density at radius 1 is 1.26 bits per heavy atom. The van der Waals surface area contributed by atoms with Crippen molar-refractivity contribution in [3.63, 3.8) is 0 Å². The molecule has 1 saturated heterocycles. The van der Waals surface area contributed by atoms with E-state index in [-0.39, 0.29) is 12.4 Å². The molecule has 0 bridgehead atoms. The third kappa shape index (κ3) is 3.90. The molecule has 5 nitrogen and oxygen atoms in total. The predicted octanol–water partition coefficient (Wildman–Crippen LogP) is -0.0131. The van der Waals surface area contributed by atoms with E-state index < -0.39 is 15.4 Å². The fourth-order valence-electron chi connectivity index (χ4n) is 3.36. The maximum atomic E-state index is 11.5. The summed E-state index contributed by atoms with van der Waals surface area (Å²) in [5.74, 6) is 0.980. The number of hydrogen-bond acceptors (Lipinski definition) is 5. The molecule has 2 unspecified atom stereocenters. The first-order valence-corrected chi connectivity index (χ1v) is 9.10. The zero-order valence-electron chi connectivity index (χ0n) is 11.6. The van der Waals surface area contributed by atoms with Crippen molar-refractivity contribution < 1.29 is 13.5 Å². The fraction of sp³-hybridized carbons (Fsp3) is 1.00. The first-order chi connectivity index (χ1) is 8.95. The van der Waals surface area contributed by atoms with Crippen LogP contribution in [0.4, 0.5) is 0 Å². The van der Waals surface area contributed by atoms with Crippen LogP contribution in [0, 0.1) is 5.92 Å². The summed E-state index contributed by atoms with van der Waals surface area (Å²) in [6, 6.07) is 0. The molecule has 1 heterocycles. The topological polar surface area (TPSA) is 83.6 Å². The van der Waals surface area contributed by atoms with Crippen LogP contribution < -0.4 is 5.73 Å². The molecule has 0 amide bonds. The molecule has 2 rings (SSSR count). The molecule has 112 valence electrons. The summed E-state index contributed by atoms with van der Waals surface area (Å²) in [6.45, 7) is 2.47. The molecule has 0 radical (unpaired) electrons. The molecule has 19 heavy (non-hydrogen) atoms. The Balaban J connectivity index is 1.82. The minimum atomic E-state index is -2.82. The molecule has 2 aliphatic rings. The molecule has 6 heteroatoms.